The summed E-state index contributed by atoms with van der Waals surface area (Å²) in [6, 6.07) is 0.453. The highest BCUT2D eigenvalue weighted by Crippen LogP contribution is 2.41. The Hall–Kier alpha value is -2.69. The molecule has 1 N–H and O–H groups in total. The molecule has 0 bridgehead atoms. The van der Waals surface area contributed by atoms with E-state index in [0.29, 0.717) is 42.3 Å². The third kappa shape index (κ3) is 3.98. The van der Waals surface area contributed by atoms with E-state index < -0.39 is 17.9 Å². The van der Waals surface area contributed by atoms with Gasteiger partial charge in [-0.05, 0) is 38.7 Å². The number of carbonyl (C=O) groups is 1. The lowest BCUT2D eigenvalue weighted by Crippen LogP contribution is -2.53. The van der Waals surface area contributed by atoms with Crippen LogP contribution in [0.1, 0.15) is 43.0 Å². The topological polar surface area (TPSA) is 85.2 Å². The van der Waals surface area contributed by atoms with Gasteiger partial charge in [-0.25, -0.2) is 9.97 Å². The molecule has 1 aliphatic heterocycles. The number of hydrogen-bond donors (Lipinski definition) is 1. The van der Waals surface area contributed by atoms with Crippen LogP contribution in [0.15, 0.2) is 12.3 Å². The molecule has 1 saturated carbocycles. The lowest BCUT2D eigenvalue weighted by molar-refractivity contribution is -0.141. The van der Waals surface area contributed by atoms with E-state index in [0.717, 1.165) is 6.07 Å². The maximum atomic E-state index is 12.8. The number of likely N-dealkylation sites (N-methyl/N-ethyl adjacent to an activating group) is 1. The number of halogens is 3. The molecule has 0 aromatic carbocycles. The van der Waals surface area contributed by atoms with Crippen molar-refractivity contribution in [3.63, 3.8) is 0 Å². The van der Waals surface area contributed by atoms with Crippen molar-refractivity contribution >= 4 is 17.4 Å². The third-order valence-corrected chi connectivity index (χ3v) is 6.16. The molecule has 0 unspecified atom stereocenters. The number of carbonyl (C=O) groups excluding carboxylic acids is 1. The van der Waals surface area contributed by atoms with Crippen molar-refractivity contribution in [1.82, 2.24) is 19.7 Å². The van der Waals surface area contributed by atoms with E-state index in [-0.39, 0.29) is 24.0 Å². The highest BCUT2D eigenvalue weighted by Gasteiger charge is 2.39. The van der Waals surface area contributed by atoms with Crippen molar-refractivity contribution in [1.29, 1.82) is 0 Å². The van der Waals surface area contributed by atoms with Crippen LogP contribution in [0.2, 0.25) is 0 Å². The number of aryl methyl sites for hydroxylation is 1. The van der Waals surface area contributed by atoms with Gasteiger partial charge in [0.2, 0.25) is 5.91 Å². The van der Waals surface area contributed by atoms with Gasteiger partial charge < -0.3 is 15.0 Å². The molecule has 3 heterocycles. The fourth-order valence-corrected chi connectivity index (χ4v) is 4.30. The second-order valence-corrected chi connectivity index (χ2v) is 8.28. The van der Waals surface area contributed by atoms with E-state index in [1.807, 2.05) is 25.8 Å². The van der Waals surface area contributed by atoms with E-state index in [2.05, 4.69) is 20.4 Å². The molecule has 0 spiro atoms. The fourth-order valence-electron chi connectivity index (χ4n) is 4.30. The molecule has 2 atom stereocenters. The summed E-state index contributed by atoms with van der Waals surface area (Å²) in [6.07, 6.45) is -1.31. The maximum absolute atomic E-state index is 12.8. The minimum absolute atomic E-state index is 0.0475. The molecule has 1 aliphatic carbocycles. The highest BCUT2D eigenvalue weighted by molar-refractivity contribution is 6.03. The summed E-state index contributed by atoms with van der Waals surface area (Å²) in [7, 11) is 3.37. The van der Waals surface area contributed by atoms with E-state index in [1.165, 1.54) is 10.9 Å². The zero-order valence-corrected chi connectivity index (χ0v) is 17.8. The maximum Gasteiger partial charge on any atom is 0.435 e. The molecule has 1 fully saturated rings. The molecular formula is C20H25F3N6O2. The van der Waals surface area contributed by atoms with Gasteiger partial charge in [0.1, 0.15) is 17.6 Å². The summed E-state index contributed by atoms with van der Waals surface area (Å²) >= 11 is 0. The predicted molar refractivity (Wildman–Crippen MR) is 107 cm³/mol. The first-order chi connectivity index (χ1) is 14.6. The van der Waals surface area contributed by atoms with Crippen LogP contribution in [-0.4, -0.2) is 52.0 Å². The Morgan fingerprint density at radius 3 is 2.65 bits per heavy atom. The number of alkyl halides is 3. The summed E-state index contributed by atoms with van der Waals surface area (Å²) in [6.45, 7) is 3.65. The molecule has 8 nitrogen and oxygen atoms in total. The lowest BCUT2D eigenvalue weighted by Gasteiger charge is -2.38. The Kier molecular flexibility index (Phi) is 5.40. The average molecular weight is 438 g/mol. The second kappa shape index (κ2) is 7.77. The van der Waals surface area contributed by atoms with E-state index in [9.17, 15) is 18.0 Å². The average Bonchev–Trinajstić information content (AvgIpc) is 3.15. The number of aromatic nitrogens is 4. The van der Waals surface area contributed by atoms with Crippen LogP contribution >= 0.6 is 0 Å². The Morgan fingerprint density at radius 2 is 2.03 bits per heavy atom. The smallest absolute Gasteiger partial charge is 0.379 e. The van der Waals surface area contributed by atoms with Crippen LogP contribution in [0.25, 0.3) is 0 Å². The largest absolute Gasteiger partial charge is 0.435 e. The first-order valence-corrected chi connectivity index (χ1v) is 10.1. The zero-order valence-electron chi connectivity index (χ0n) is 17.8. The molecule has 2 aliphatic rings. The molecular weight excluding hydrogens is 413 g/mol. The zero-order chi connectivity index (χ0) is 22.5. The van der Waals surface area contributed by atoms with Gasteiger partial charge in [-0.2, -0.15) is 18.3 Å². The van der Waals surface area contributed by atoms with Crippen LogP contribution < -0.4 is 10.2 Å². The standard InChI is InChI=1S/C20H25F3N6O2/c1-10-16-18(28(3)17(11(2)31-4)19(30)26-16)25-15(24-10)9-12-7-13(8-12)29-6-5-14(27-29)20(21,22)23/h5-6,11-13,17H,7-9H2,1-4H3,(H,26,30)/t11-,12?,13?,17+/m1/s1. The molecule has 0 radical (unpaired) electrons. The number of methoxy groups -OCH3 is 1. The van der Waals surface area contributed by atoms with Crippen molar-refractivity contribution in [2.75, 3.05) is 24.4 Å². The quantitative estimate of drug-likeness (QED) is 0.773. The van der Waals surface area contributed by atoms with Crippen LogP contribution in [0.4, 0.5) is 24.7 Å². The van der Waals surface area contributed by atoms with Crippen molar-refractivity contribution < 1.29 is 22.7 Å². The number of nitrogens with one attached hydrogen (secondary N) is 1. The number of fused-ring (bicyclic) bond motifs is 1. The van der Waals surface area contributed by atoms with Gasteiger partial charge in [0.15, 0.2) is 11.5 Å². The highest BCUT2D eigenvalue weighted by atomic mass is 19.4. The summed E-state index contributed by atoms with van der Waals surface area (Å²) < 4.78 is 45.0. The van der Waals surface area contributed by atoms with Gasteiger partial charge in [0, 0.05) is 26.8 Å². The van der Waals surface area contributed by atoms with Crippen LogP contribution in [0.3, 0.4) is 0 Å². The minimum atomic E-state index is -4.43. The summed E-state index contributed by atoms with van der Waals surface area (Å²) in [4.78, 5) is 23.6. The summed E-state index contributed by atoms with van der Waals surface area (Å²) in [5, 5.41) is 6.55. The number of rotatable bonds is 5. The van der Waals surface area contributed by atoms with E-state index in [4.69, 9.17) is 4.74 Å². The van der Waals surface area contributed by atoms with Gasteiger partial charge in [-0.3, -0.25) is 9.48 Å². The summed E-state index contributed by atoms with van der Waals surface area (Å²) in [5.41, 5.74) is 0.412. The SMILES string of the molecule is CO[C@H](C)[C@H]1C(=O)Nc2c(C)nc(CC3CC(n4ccc(C(F)(F)F)n4)C3)nc2N1C. The van der Waals surface area contributed by atoms with E-state index >= 15 is 0 Å². The van der Waals surface area contributed by atoms with Crippen molar-refractivity contribution in [3.8, 4) is 0 Å². The summed E-state index contributed by atoms with van der Waals surface area (Å²) in [5.74, 6) is 1.40. The van der Waals surface area contributed by atoms with Crippen LogP contribution in [-0.2, 0) is 22.1 Å². The van der Waals surface area contributed by atoms with Gasteiger partial charge in [0.05, 0.1) is 17.8 Å². The minimum Gasteiger partial charge on any atom is -0.379 e. The number of anilines is 2. The number of hydrogen-bond acceptors (Lipinski definition) is 6. The second-order valence-electron chi connectivity index (χ2n) is 8.28. The van der Waals surface area contributed by atoms with Gasteiger partial charge in [-0.15, -0.1) is 0 Å². The first kappa shape index (κ1) is 21.5. The van der Waals surface area contributed by atoms with Crippen molar-refractivity contribution in [2.24, 2.45) is 5.92 Å². The molecule has 2 aromatic rings. The van der Waals surface area contributed by atoms with Crippen molar-refractivity contribution in [3.05, 3.63) is 29.5 Å². The third-order valence-electron chi connectivity index (χ3n) is 6.16. The monoisotopic (exact) mass is 438 g/mol. The molecule has 1 amide bonds. The molecule has 0 saturated heterocycles. The Balaban J connectivity index is 1.45. The number of ether oxygens (including phenoxy) is 1. The lowest BCUT2D eigenvalue weighted by atomic mass is 9.78. The van der Waals surface area contributed by atoms with Gasteiger partial charge in [0.25, 0.3) is 0 Å². The molecule has 168 valence electrons. The molecule has 2 aromatic heterocycles. The van der Waals surface area contributed by atoms with Gasteiger partial charge >= 0.3 is 6.18 Å². The Bertz CT molecular complexity index is 986. The van der Waals surface area contributed by atoms with Gasteiger partial charge in [-0.1, -0.05) is 0 Å². The Morgan fingerprint density at radius 1 is 1.32 bits per heavy atom. The predicted octanol–water partition coefficient (Wildman–Crippen LogP) is 2.99. The molecule has 11 heteroatoms. The van der Waals surface area contributed by atoms with E-state index in [1.54, 1.807) is 7.11 Å². The van der Waals surface area contributed by atoms with Crippen LogP contribution in [0.5, 0.6) is 0 Å². The normalized spacial score (nSPS) is 24.4. The first-order valence-electron chi connectivity index (χ1n) is 10.1. The van der Waals surface area contributed by atoms with Crippen molar-refractivity contribution in [2.45, 2.75) is 57.5 Å². The fraction of sp³-hybridized carbons (Fsp3) is 0.600. The Labute approximate surface area is 177 Å². The molecule has 4 rings (SSSR count). The number of amides is 1. The molecule has 31 heavy (non-hydrogen) atoms. The van der Waals surface area contributed by atoms with Crippen LogP contribution in [0, 0.1) is 12.8 Å². The number of nitrogens with zero attached hydrogens (tertiary/aromatic N) is 5.